The van der Waals surface area contributed by atoms with Gasteiger partial charge in [-0.2, -0.15) is 0 Å². The van der Waals surface area contributed by atoms with Gasteiger partial charge in [0.05, 0.1) is 0 Å². The average Bonchev–Trinajstić information content (AvgIpc) is 2.64. The van der Waals surface area contributed by atoms with Crippen molar-refractivity contribution in [1.82, 2.24) is 0 Å². The standard InChI is InChI=1S/C11H13NO2.ClH/c1-2-9(12)5-8-3-4-10-11(6-8)14-7-13-10;/h2-4,6,9H,1,5,7,12H2;1H. The van der Waals surface area contributed by atoms with Crippen LogP contribution in [0.2, 0.25) is 0 Å². The van der Waals surface area contributed by atoms with Crippen molar-refractivity contribution in [3.63, 3.8) is 0 Å². The van der Waals surface area contributed by atoms with Gasteiger partial charge in [-0.3, -0.25) is 0 Å². The van der Waals surface area contributed by atoms with Crippen molar-refractivity contribution in [3.8, 4) is 11.5 Å². The predicted octanol–water partition coefficient (Wildman–Crippen LogP) is 1.89. The zero-order chi connectivity index (χ0) is 9.97. The van der Waals surface area contributed by atoms with Crippen LogP contribution in [-0.4, -0.2) is 12.8 Å². The first-order chi connectivity index (χ1) is 6.79. The van der Waals surface area contributed by atoms with E-state index in [0.29, 0.717) is 6.79 Å². The Hall–Kier alpha value is -1.19. The van der Waals surface area contributed by atoms with Crippen molar-refractivity contribution in [3.05, 3.63) is 36.4 Å². The molecule has 1 aliphatic rings. The number of halogens is 1. The molecule has 1 aliphatic heterocycles. The summed E-state index contributed by atoms with van der Waals surface area (Å²) >= 11 is 0. The van der Waals surface area contributed by atoms with Gasteiger partial charge in [0.15, 0.2) is 11.5 Å². The molecule has 1 atom stereocenters. The van der Waals surface area contributed by atoms with Crippen LogP contribution in [0.25, 0.3) is 0 Å². The maximum Gasteiger partial charge on any atom is 0.231 e. The summed E-state index contributed by atoms with van der Waals surface area (Å²) in [7, 11) is 0. The molecule has 1 heterocycles. The van der Waals surface area contributed by atoms with E-state index in [1.165, 1.54) is 0 Å². The fraction of sp³-hybridized carbons (Fsp3) is 0.273. The van der Waals surface area contributed by atoms with E-state index in [1.54, 1.807) is 6.08 Å². The van der Waals surface area contributed by atoms with Gasteiger partial charge in [-0.25, -0.2) is 0 Å². The summed E-state index contributed by atoms with van der Waals surface area (Å²) in [5, 5.41) is 0. The molecule has 4 heteroatoms. The number of hydrogen-bond donors (Lipinski definition) is 1. The molecule has 0 radical (unpaired) electrons. The van der Waals surface area contributed by atoms with E-state index in [-0.39, 0.29) is 18.4 Å². The van der Waals surface area contributed by atoms with Gasteiger partial charge in [0.2, 0.25) is 6.79 Å². The Morgan fingerprint density at radius 2 is 2.13 bits per heavy atom. The average molecular weight is 228 g/mol. The van der Waals surface area contributed by atoms with E-state index >= 15 is 0 Å². The lowest BCUT2D eigenvalue weighted by atomic mass is 10.1. The van der Waals surface area contributed by atoms with Crippen LogP contribution in [0, 0.1) is 0 Å². The molecule has 0 saturated heterocycles. The third-order valence-electron chi connectivity index (χ3n) is 2.21. The number of fused-ring (bicyclic) bond motifs is 1. The highest BCUT2D eigenvalue weighted by molar-refractivity contribution is 5.85. The topological polar surface area (TPSA) is 44.5 Å². The first-order valence-corrected chi connectivity index (χ1v) is 4.56. The third-order valence-corrected chi connectivity index (χ3v) is 2.21. The monoisotopic (exact) mass is 227 g/mol. The van der Waals surface area contributed by atoms with E-state index in [0.717, 1.165) is 23.5 Å². The van der Waals surface area contributed by atoms with Crippen LogP contribution in [0.4, 0.5) is 0 Å². The van der Waals surface area contributed by atoms with E-state index in [1.807, 2.05) is 18.2 Å². The Bertz CT molecular complexity index is 354. The van der Waals surface area contributed by atoms with Gasteiger partial charge >= 0.3 is 0 Å². The highest BCUT2D eigenvalue weighted by Crippen LogP contribution is 2.32. The molecule has 1 aromatic rings. The molecule has 1 aromatic carbocycles. The van der Waals surface area contributed by atoms with Crippen molar-refractivity contribution in [2.75, 3.05) is 6.79 Å². The molecule has 2 rings (SSSR count). The number of nitrogens with two attached hydrogens (primary N) is 1. The molecular formula is C11H14ClNO2. The van der Waals surface area contributed by atoms with Crippen LogP contribution in [0.1, 0.15) is 5.56 Å². The molecule has 15 heavy (non-hydrogen) atoms. The van der Waals surface area contributed by atoms with Gasteiger partial charge in [0, 0.05) is 6.04 Å². The predicted molar refractivity (Wildman–Crippen MR) is 61.7 cm³/mol. The highest BCUT2D eigenvalue weighted by atomic mass is 35.5. The minimum atomic E-state index is -0.00429. The van der Waals surface area contributed by atoms with Crippen LogP contribution in [0.3, 0.4) is 0 Å². The summed E-state index contributed by atoms with van der Waals surface area (Å²) < 4.78 is 10.5. The van der Waals surface area contributed by atoms with Gasteiger partial charge < -0.3 is 15.2 Å². The summed E-state index contributed by atoms with van der Waals surface area (Å²) in [6, 6.07) is 5.87. The van der Waals surface area contributed by atoms with Gasteiger partial charge in [-0.15, -0.1) is 19.0 Å². The molecule has 82 valence electrons. The summed E-state index contributed by atoms with van der Waals surface area (Å²) in [6.45, 7) is 3.96. The van der Waals surface area contributed by atoms with Gasteiger partial charge in [-0.05, 0) is 24.1 Å². The van der Waals surface area contributed by atoms with Crippen molar-refractivity contribution in [1.29, 1.82) is 0 Å². The van der Waals surface area contributed by atoms with Crippen LogP contribution in [0.15, 0.2) is 30.9 Å². The van der Waals surface area contributed by atoms with Gasteiger partial charge in [-0.1, -0.05) is 12.1 Å². The first-order valence-electron chi connectivity index (χ1n) is 4.56. The van der Waals surface area contributed by atoms with Gasteiger partial charge in [0.1, 0.15) is 0 Å². The van der Waals surface area contributed by atoms with E-state index in [4.69, 9.17) is 15.2 Å². The zero-order valence-electron chi connectivity index (χ0n) is 8.31. The molecule has 0 amide bonds. The number of benzene rings is 1. The summed E-state index contributed by atoms with van der Waals surface area (Å²) in [5.41, 5.74) is 6.90. The fourth-order valence-electron chi connectivity index (χ4n) is 1.42. The molecule has 0 fully saturated rings. The number of ether oxygens (including phenoxy) is 2. The fourth-order valence-corrected chi connectivity index (χ4v) is 1.42. The molecule has 3 nitrogen and oxygen atoms in total. The minimum absolute atomic E-state index is 0. The summed E-state index contributed by atoms with van der Waals surface area (Å²) in [5.74, 6) is 1.61. The molecule has 2 N–H and O–H groups in total. The Morgan fingerprint density at radius 1 is 1.40 bits per heavy atom. The minimum Gasteiger partial charge on any atom is -0.454 e. The molecule has 0 saturated carbocycles. The van der Waals surface area contributed by atoms with Crippen LogP contribution in [0.5, 0.6) is 11.5 Å². The largest absolute Gasteiger partial charge is 0.454 e. The van der Waals surface area contributed by atoms with E-state index in [2.05, 4.69) is 6.58 Å². The van der Waals surface area contributed by atoms with Crippen molar-refractivity contribution in [2.24, 2.45) is 5.73 Å². The van der Waals surface area contributed by atoms with Crippen LogP contribution in [-0.2, 0) is 6.42 Å². The number of rotatable bonds is 3. The normalized spacial score (nSPS) is 14.2. The summed E-state index contributed by atoms with van der Waals surface area (Å²) in [6.07, 6.45) is 2.52. The molecule has 0 aromatic heterocycles. The quantitative estimate of drug-likeness (QED) is 0.803. The Labute approximate surface area is 95.3 Å². The van der Waals surface area contributed by atoms with Crippen molar-refractivity contribution < 1.29 is 9.47 Å². The second kappa shape index (κ2) is 5.05. The first kappa shape index (κ1) is 11.9. The lowest BCUT2D eigenvalue weighted by Gasteiger charge is -2.06. The summed E-state index contributed by atoms with van der Waals surface area (Å²) in [4.78, 5) is 0. The Kier molecular flexibility index (Phi) is 4.00. The maximum atomic E-state index is 5.76. The lowest BCUT2D eigenvalue weighted by Crippen LogP contribution is -2.19. The van der Waals surface area contributed by atoms with Crippen molar-refractivity contribution >= 4 is 12.4 Å². The van der Waals surface area contributed by atoms with Crippen molar-refractivity contribution in [2.45, 2.75) is 12.5 Å². The molecule has 0 aliphatic carbocycles. The molecule has 1 unspecified atom stereocenters. The highest BCUT2D eigenvalue weighted by Gasteiger charge is 2.13. The van der Waals surface area contributed by atoms with Gasteiger partial charge in [0.25, 0.3) is 0 Å². The maximum absolute atomic E-state index is 5.76. The van der Waals surface area contributed by atoms with Crippen LogP contribution >= 0.6 is 12.4 Å². The SMILES string of the molecule is C=CC(N)Cc1ccc2c(c1)OCO2.Cl. The number of hydrogen-bond acceptors (Lipinski definition) is 3. The molecular weight excluding hydrogens is 214 g/mol. The van der Waals surface area contributed by atoms with Crippen LogP contribution < -0.4 is 15.2 Å². The Morgan fingerprint density at radius 3 is 2.87 bits per heavy atom. The smallest absolute Gasteiger partial charge is 0.231 e. The lowest BCUT2D eigenvalue weighted by molar-refractivity contribution is 0.174. The van der Waals surface area contributed by atoms with E-state index < -0.39 is 0 Å². The third kappa shape index (κ3) is 2.64. The van der Waals surface area contributed by atoms with E-state index in [9.17, 15) is 0 Å². The zero-order valence-corrected chi connectivity index (χ0v) is 9.13. The Balaban J connectivity index is 0.00000112. The molecule has 0 spiro atoms. The second-order valence-corrected chi connectivity index (χ2v) is 3.29. The second-order valence-electron chi connectivity index (χ2n) is 3.29. The molecule has 0 bridgehead atoms.